The molecule has 1 aromatic rings. The third-order valence-corrected chi connectivity index (χ3v) is 3.51. The lowest BCUT2D eigenvalue weighted by Crippen LogP contribution is -2.36. The highest BCUT2D eigenvalue weighted by molar-refractivity contribution is 7.85. The lowest BCUT2D eigenvalue weighted by Gasteiger charge is -2.23. The van der Waals surface area contributed by atoms with Crippen molar-refractivity contribution < 1.29 is 22.1 Å². The number of nitrogens with zero attached hydrogens (tertiary/aromatic N) is 1. The third-order valence-electron chi connectivity index (χ3n) is 2.92. The van der Waals surface area contributed by atoms with Crippen molar-refractivity contribution in [1.82, 2.24) is 4.90 Å². The third kappa shape index (κ3) is 9.20. The molecule has 0 aliphatic heterocycles. The van der Waals surface area contributed by atoms with Crippen molar-refractivity contribution in [2.45, 2.75) is 26.9 Å². The minimum absolute atomic E-state index is 0.0550. The van der Waals surface area contributed by atoms with E-state index in [2.05, 4.69) is 4.18 Å². The molecular formula is C16H25NO5S. The first-order chi connectivity index (χ1) is 10.8. The van der Waals surface area contributed by atoms with Crippen molar-refractivity contribution in [3.05, 3.63) is 35.9 Å². The molecule has 0 fully saturated rings. The SMILES string of the molecule is CC(C)CN(CCCOS(C)(=O)=O)C(=O)OCc1ccccc1. The summed E-state index contributed by atoms with van der Waals surface area (Å²) in [6.45, 7) is 5.22. The summed E-state index contributed by atoms with van der Waals surface area (Å²) in [7, 11) is -3.45. The van der Waals surface area contributed by atoms with Gasteiger partial charge in [0.15, 0.2) is 0 Å². The molecule has 0 saturated heterocycles. The summed E-state index contributed by atoms with van der Waals surface area (Å²) in [6, 6.07) is 9.45. The number of hydrogen-bond acceptors (Lipinski definition) is 5. The van der Waals surface area contributed by atoms with Crippen LogP contribution in [0.4, 0.5) is 4.79 Å². The van der Waals surface area contributed by atoms with E-state index in [0.29, 0.717) is 19.5 Å². The fraction of sp³-hybridized carbons (Fsp3) is 0.562. The van der Waals surface area contributed by atoms with Gasteiger partial charge in [0.05, 0.1) is 12.9 Å². The van der Waals surface area contributed by atoms with Gasteiger partial charge < -0.3 is 9.64 Å². The van der Waals surface area contributed by atoms with Crippen LogP contribution in [-0.2, 0) is 25.6 Å². The summed E-state index contributed by atoms with van der Waals surface area (Å²) >= 11 is 0. The lowest BCUT2D eigenvalue weighted by atomic mass is 10.2. The fourth-order valence-electron chi connectivity index (χ4n) is 1.97. The van der Waals surface area contributed by atoms with Crippen LogP contribution < -0.4 is 0 Å². The molecule has 0 atom stereocenters. The largest absolute Gasteiger partial charge is 0.445 e. The number of hydrogen-bond donors (Lipinski definition) is 0. The second-order valence-corrected chi connectivity index (χ2v) is 7.40. The zero-order valence-electron chi connectivity index (χ0n) is 13.9. The molecule has 1 amide bonds. The van der Waals surface area contributed by atoms with E-state index in [0.717, 1.165) is 11.8 Å². The molecule has 1 rings (SSSR count). The zero-order valence-corrected chi connectivity index (χ0v) is 14.7. The number of ether oxygens (including phenoxy) is 1. The van der Waals surface area contributed by atoms with Crippen LogP contribution in [0.2, 0.25) is 0 Å². The Balaban J connectivity index is 2.46. The monoisotopic (exact) mass is 343 g/mol. The van der Waals surface area contributed by atoms with Crippen molar-refractivity contribution in [3.63, 3.8) is 0 Å². The predicted molar refractivity (Wildman–Crippen MR) is 88.5 cm³/mol. The summed E-state index contributed by atoms with van der Waals surface area (Å²) in [5, 5.41) is 0. The van der Waals surface area contributed by atoms with Gasteiger partial charge in [-0.05, 0) is 17.9 Å². The normalized spacial score (nSPS) is 11.5. The van der Waals surface area contributed by atoms with Gasteiger partial charge in [-0.2, -0.15) is 8.42 Å². The molecule has 0 unspecified atom stereocenters. The van der Waals surface area contributed by atoms with E-state index in [1.807, 2.05) is 44.2 Å². The molecule has 1 aromatic carbocycles. The number of carbonyl (C=O) groups excluding carboxylic acids is 1. The van der Waals surface area contributed by atoms with E-state index in [4.69, 9.17) is 4.74 Å². The van der Waals surface area contributed by atoms with E-state index in [9.17, 15) is 13.2 Å². The van der Waals surface area contributed by atoms with Gasteiger partial charge in [-0.3, -0.25) is 4.18 Å². The summed E-state index contributed by atoms with van der Waals surface area (Å²) in [5.41, 5.74) is 0.922. The first-order valence-corrected chi connectivity index (χ1v) is 9.39. The summed E-state index contributed by atoms with van der Waals surface area (Å²) < 4.78 is 31.8. The van der Waals surface area contributed by atoms with E-state index in [1.165, 1.54) is 0 Å². The van der Waals surface area contributed by atoms with Crippen molar-refractivity contribution in [2.75, 3.05) is 26.0 Å². The first-order valence-electron chi connectivity index (χ1n) is 7.58. The van der Waals surface area contributed by atoms with Gasteiger partial charge in [-0.25, -0.2) is 4.79 Å². The van der Waals surface area contributed by atoms with Gasteiger partial charge in [-0.15, -0.1) is 0 Å². The molecule has 0 spiro atoms. The Kier molecular flexibility index (Phi) is 8.05. The Morgan fingerprint density at radius 2 is 1.87 bits per heavy atom. The van der Waals surface area contributed by atoms with Gasteiger partial charge >= 0.3 is 6.09 Å². The van der Waals surface area contributed by atoms with Gasteiger partial charge in [-0.1, -0.05) is 44.2 Å². The van der Waals surface area contributed by atoms with E-state index in [1.54, 1.807) is 4.90 Å². The molecule has 6 nitrogen and oxygen atoms in total. The van der Waals surface area contributed by atoms with Crippen LogP contribution in [0.25, 0.3) is 0 Å². The molecular weight excluding hydrogens is 318 g/mol. The molecule has 0 aliphatic carbocycles. The highest BCUT2D eigenvalue weighted by atomic mass is 32.2. The minimum Gasteiger partial charge on any atom is -0.445 e. The topological polar surface area (TPSA) is 72.9 Å². The van der Waals surface area contributed by atoms with Crippen LogP contribution in [0.5, 0.6) is 0 Å². The van der Waals surface area contributed by atoms with E-state index < -0.39 is 16.2 Å². The molecule has 0 heterocycles. The molecule has 0 aromatic heterocycles. The van der Waals surface area contributed by atoms with Crippen molar-refractivity contribution >= 4 is 16.2 Å². The van der Waals surface area contributed by atoms with Crippen LogP contribution in [-0.4, -0.2) is 45.4 Å². The summed E-state index contributed by atoms with van der Waals surface area (Å²) in [4.78, 5) is 13.8. The molecule has 0 bridgehead atoms. The van der Waals surface area contributed by atoms with Crippen LogP contribution in [0.15, 0.2) is 30.3 Å². The van der Waals surface area contributed by atoms with Crippen molar-refractivity contribution in [3.8, 4) is 0 Å². The van der Waals surface area contributed by atoms with Crippen LogP contribution in [0, 0.1) is 5.92 Å². The Morgan fingerprint density at radius 3 is 2.43 bits per heavy atom. The molecule has 0 aliphatic rings. The van der Waals surface area contributed by atoms with Gasteiger partial charge in [0.25, 0.3) is 10.1 Å². The summed E-state index contributed by atoms with van der Waals surface area (Å²) in [6.07, 6.45) is 1.04. The Morgan fingerprint density at radius 1 is 1.22 bits per heavy atom. The predicted octanol–water partition coefficient (Wildman–Crippen LogP) is 2.65. The van der Waals surface area contributed by atoms with Crippen molar-refractivity contribution in [2.24, 2.45) is 5.92 Å². The van der Waals surface area contributed by atoms with Crippen LogP contribution in [0.1, 0.15) is 25.8 Å². The van der Waals surface area contributed by atoms with E-state index in [-0.39, 0.29) is 19.1 Å². The Bertz CT molecular complexity index is 571. The fourth-order valence-corrected chi connectivity index (χ4v) is 2.39. The molecule has 0 N–H and O–H groups in total. The van der Waals surface area contributed by atoms with Crippen LogP contribution >= 0.6 is 0 Å². The quantitative estimate of drug-likeness (QED) is 0.509. The van der Waals surface area contributed by atoms with Gasteiger partial charge in [0.1, 0.15) is 6.61 Å². The molecule has 130 valence electrons. The number of rotatable bonds is 9. The maximum Gasteiger partial charge on any atom is 0.410 e. The minimum atomic E-state index is -3.45. The lowest BCUT2D eigenvalue weighted by molar-refractivity contribution is 0.0900. The second kappa shape index (κ2) is 9.52. The zero-order chi connectivity index (χ0) is 17.3. The summed E-state index contributed by atoms with van der Waals surface area (Å²) in [5.74, 6) is 0.287. The van der Waals surface area contributed by atoms with Crippen LogP contribution in [0.3, 0.4) is 0 Å². The number of amides is 1. The van der Waals surface area contributed by atoms with Gasteiger partial charge in [0, 0.05) is 13.1 Å². The molecule has 7 heteroatoms. The first kappa shape index (κ1) is 19.4. The number of benzene rings is 1. The number of carbonyl (C=O) groups is 1. The highest BCUT2D eigenvalue weighted by Crippen LogP contribution is 2.07. The average molecular weight is 343 g/mol. The average Bonchev–Trinajstić information content (AvgIpc) is 2.47. The highest BCUT2D eigenvalue weighted by Gasteiger charge is 2.16. The van der Waals surface area contributed by atoms with E-state index >= 15 is 0 Å². The van der Waals surface area contributed by atoms with Crippen molar-refractivity contribution in [1.29, 1.82) is 0 Å². The maximum absolute atomic E-state index is 12.2. The Hall–Kier alpha value is -1.60. The smallest absolute Gasteiger partial charge is 0.410 e. The van der Waals surface area contributed by atoms with Gasteiger partial charge in [0.2, 0.25) is 0 Å². The molecule has 0 saturated carbocycles. The molecule has 23 heavy (non-hydrogen) atoms. The molecule has 0 radical (unpaired) electrons. The Labute approximate surface area is 138 Å². The second-order valence-electron chi connectivity index (χ2n) is 5.76. The maximum atomic E-state index is 12.2. The standard InChI is InChI=1S/C16H25NO5S/c1-14(2)12-17(10-7-11-22-23(3,19)20)16(18)21-13-15-8-5-4-6-9-15/h4-6,8-9,14H,7,10-13H2,1-3H3.